The number of carbonyl (C=O) groups is 4. The Kier molecular flexibility index (Phi) is 12.0. The summed E-state index contributed by atoms with van der Waals surface area (Å²) in [5, 5.41) is 15.1. The van der Waals surface area contributed by atoms with Crippen molar-refractivity contribution in [2.24, 2.45) is 23.1 Å². The van der Waals surface area contributed by atoms with Crippen LogP contribution >= 0.6 is 0 Å². The van der Waals surface area contributed by atoms with E-state index in [1.54, 1.807) is 13.8 Å². The lowest BCUT2D eigenvalue weighted by atomic mass is 10.0. The fourth-order valence-corrected chi connectivity index (χ4v) is 3.63. The molecule has 0 unspecified atom stereocenters. The van der Waals surface area contributed by atoms with Gasteiger partial charge in [-0.1, -0.05) is 13.8 Å². The normalized spacial score (nSPS) is 18.0. The maximum absolute atomic E-state index is 13.1. The molecule has 4 amide bonds. The third-order valence-electron chi connectivity index (χ3n) is 5.56. The van der Waals surface area contributed by atoms with Crippen molar-refractivity contribution in [2.75, 3.05) is 13.1 Å². The van der Waals surface area contributed by atoms with Crippen molar-refractivity contribution in [1.29, 1.82) is 5.41 Å². The quantitative estimate of drug-likeness (QED) is 0.0799. The molecule has 13 nitrogen and oxygen atoms in total. The molecular formula is C21H37N8O5. The zero-order valence-electron chi connectivity index (χ0n) is 19.8. The molecule has 0 aromatic carbocycles. The molecule has 1 aliphatic rings. The molecule has 0 bridgehead atoms. The van der Waals surface area contributed by atoms with Crippen molar-refractivity contribution >= 4 is 35.9 Å². The maximum Gasteiger partial charge on any atom is 0.245 e. The Morgan fingerprint density at radius 3 is 2.35 bits per heavy atom. The molecule has 0 aliphatic carbocycles. The van der Waals surface area contributed by atoms with Crippen LogP contribution in [0.1, 0.15) is 52.4 Å². The first kappa shape index (κ1) is 28.8. The number of rotatable bonds is 14. The molecule has 0 spiro atoms. The Labute approximate surface area is 199 Å². The Morgan fingerprint density at radius 2 is 1.79 bits per heavy atom. The highest BCUT2D eigenvalue weighted by Gasteiger charge is 2.36. The van der Waals surface area contributed by atoms with E-state index in [9.17, 15) is 24.0 Å². The van der Waals surface area contributed by atoms with Crippen LogP contribution in [0.15, 0.2) is 0 Å². The van der Waals surface area contributed by atoms with Gasteiger partial charge in [-0.3, -0.25) is 29.4 Å². The molecule has 0 aromatic heterocycles. The van der Waals surface area contributed by atoms with Gasteiger partial charge >= 0.3 is 0 Å². The van der Waals surface area contributed by atoms with Crippen LogP contribution in [-0.2, 0) is 24.0 Å². The van der Waals surface area contributed by atoms with Gasteiger partial charge in [0, 0.05) is 19.5 Å². The summed E-state index contributed by atoms with van der Waals surface area (Å²) in [5.74, 6) is -2.72. The molecule has 1 fully saturated rings. The number of guanidine groups is 1. The highest BCUT2D eigenvalue weighted by atomic mass is 16.2. The van der Waals surface area contributed by atoms with Gasteiger partial charge in [-0.2, -0.15) is 0 Å². The topological polar surface area (TPSA) is 227 Å². The molecule has 1 saturated heterocycles. The van der Waals surface area contributed by atoms with Gasteiger partial charge in [0.05, 0.1) is 12.1 Å². The highest BCUT2D eigenvalue weighted by Crippen LogP contribution is 2.18. The average Bonchev–Trinajstić information content (AvgIpc) is 3.25. The fraction of sp³-hybridized carbons (Fsp3) is 0.714. The summed E-state index contributed by atoms with van der Waals surface area (Å²) < 4.78 is 0. The average molecular weight is 482 g/mol. The zero-order valence-corrected chi connectivity index (χ0v) is 19.8. The van der Waals surface area contributed by atoms with E-state index in [-0.39, 0.29) is 31.1 Å². The lowest BCUT2D eigenvalue weighted by Crippen LogP contribution is -2.58. The van der Waals surface area contributed by atoms with Gasteiger partial charge in [0.1, 0.15) is 12.1 Å². The van der Waals surface area contributed by atoms with Gasteiger partial charge in [-0.05, 0) is 38.0 Å². The fourth-order valence-electron chi connectivity index (χ4n) is 3.63. The van der Waals surface area contributed by atoms with E-state index in [1.165, 1.54) is 4.90 Å². The Bertz CT molecular complexity index is 759. The minimum absolute atomic E-state index is 0.0381. The predicted octanol–water partition coefficient (Wildman–Crippen LogP) is -2.43. The van der Waals surface area contributed by atoms with E-state index in [1.807, 2.05) is 6.29 Å². The van der Waals surface area contributed by atoms with Crippen LogP contribution in [0, 0.1) is 11.3 Å². The van der Waals surface area contributed by atoms with Gasteiger partial charge in [0.25, 0.3) is 0 Å². The van der Waals surface area contributed by atoms with E-state index < -0.39 is 47.8 Å². The van der Waals surface area contributed by atoms with Crippen LogP contribution in [0.4, 0.5) is 0 Å². The van der Waals surface area contributed by atoms with Crippen LogP contribution in [0.2, 0.25) is 0 Å². The van der Waals surface area contributed by atoms with E-state index in [4.69, 9.17) is 22.6 Å². The smallest absolute Gasteiger partial charge is 0.245 e. The molecule has 191 valence electrons. The number of primary amides is 1. The Balaban J connectivity index is 2.91. The molecule has 1 aliphatic heterocycles. The SMILES string of the molecule is CC(C)[C@H](NC(=O)[C@@H](N)CCC(N)=O)C(=O)N[C@@H](CCCNC(=N)N)C(=O)N1CCC[C@H]1[C]=O. The van der Waals surface area contributed by atoms with Gasteiger partial charge < -0.3 is 38.1 Å². The minimum Gasteiger partial charge on any atom is -0.370 e. The second-order valence-electron chi connectivity index (χ2n) is 8.69. The van der Waals surface area contributed by atoms with Crippen molar-refractivity contribution in [2.45, 2.75) is 76.5 Å². The standard InChI is InChI=1S/C21H37N8O5/c1-12(2)17(28-18(32)14(22)7-8-16(23)31)19(33)27-15(6-3-9-26-21(24)25)20(34)29-10-4-5-13(29)11-30/h12-15,17H,3-10,22H2,1-2H3,(H2,23,31)(H,27,33)(H,28,32)(H4,24,25,26)/t13-,14-,15-,17-/m0/s1. The third kappa shape index (κ3) is 9.33. The first-order valence-electron chi connectivity index (χ1n) is 11.4. The van der Waals surface area contributed by atoms with Gasteiger partial charge in [0.2, 0.25) is 29.9 Å². The number of nitrogens with zero attached hydrogens (tertiary/aromatic N) is 1. The van der Waals surface area contributed by atoms with Crippen molar-refractivity contribution in [1.82, 2.24) is 20.9 Å². The molecular weight excluding hydrogens is 444 g/mol. The lowest BCUT2D eigenvalue weighted by molar-refractivity contribution is -0.138. The molecule has 1 heterocycles. The number of nitrogens with one attached hydrogen (secondary N) is 4. The first-order valence-corrected chi connectivity index (χ1v) is 11.4. The van der Waals surface area contributed by atoms with Crippen LogP contribution in [0.3, 0.4) is 0 Å². The number of nitrogens with two attached hydrogens (primary N) is 3. The van der Waals surface area contributed by atoms with Gasteiger partial charge in [-0.25, -0.2) is 0 Å². The number of hydrogen-bond acceptors (Lipinski definition) is 7. The molecule has 13 heteroatoms. The maximum atomic E-state index is 13.1. The number of amides is 4. The molecule has 10 N–H and O–H groups in total. The van der Waals surface area contributed by atoms with E-state index in [0.717, 1.165) is 0 Å². The lowest BCUT2D eigenvalue weighted by Gasteiger charge is -2.29. The predicted molar refractivity (Wildman–Crippen MR) is 125 cm³/mol. The van der Waals surface area contributed by atoms with E-state index >= 15 is 0 Å². The third-order valence-corrected chi connectivity index (χ3v) is 5.56. The molecule has 4 atom stereocenters. The molecule has 0 saturated carbocycles. The minimum atomic E-state index is -1.02. The number of hydrogen-bond donors (Lipinski definition) is 7. The summed E-state index contributed by atoms with van der Waals surface area (Å²) in [6, 6.07) is -3.61. The largest absolute Gasteiger partial charge is 0.370 e. The Morgan fingerprint density at radius 1 is 1.12 bits per heavy atom. The van der Waals surface area contributed by atoms with Gasteiger partial charge in [-0.15, -0.1) is 0 Å². The van der Waals surface area contributed by atoms with Crippen molar-refractivity contribution in [3.63, 3.8) is 0 Å². The first-order chi connectivity index (χ1) is 16.0. The van der Waals surface area contributed by atoms with E-state index in [0.29, 0.717) is 32.4 Å². The van der Waals surface area contributed by atoms with Crippen molar-refractivity contribution in [3.8, 4) is 0 Å². The van der Waals surface area contributed by atoms with Gasteiger partial charge in [0.15, 0.2) is 5.96 Å². The summed E-state index contributed by atoms with van der Waals surface area (Å²) >= 11 is 0. The molecule has 34 heavy (non-hydrogen) atoms. The molecule has 1 radical (unpaired) electrons. The van der Waals surface area contributed by atoms with Crippen LogP contribution in [0.5, 0.6) is 0 Å². The second-order valence-corrected chi connectivity index (χ2v) is 8.69. The van der Waals surface area contributed by atoms with Crippen molar-refractivity contribution < 1.29 is 24.0 Å². The number of likely N-dealkylation sites (tertiary alicyclic amines) is 1. The van der Waals surface area contributed by atoms with Crippen LogP contribution in [-0.4, -0.2) is 78.0 Å². The van der Waals surface area contributed by atoms with E-state index in [2.05, 4.69) is 16.0 Å². The summed E-state index contributed by atoms with van der Waals surface area (Å²) in [7, 11) is 0. The van der Waals surface area contributed by atoms with Crippen LogP contribution in [0.25, 0.3) is 0 Å². The number of carbonyl (C=O) groups excluding carboxylic acids is 5. The van der Waals surface area contributed by atoms with Crippen LogP contribution < -0.4 is 33.2 Å². The Hall–Kier alpha value is -3.22. The monoisotopic (exact) mass is 481 g/mol. The molecule has 1 rings (SSSR count). The summed E-state index contributed by atoms with van der Waals surface area (Å²) in [6.07, 6.45) is 3.65. The summed E-state index contributed by atoms with van der Waals surface area (Å²) in [5.41, 5.74) is 16.2. The summed E-state index contributed by atoms with van der Waals surface area (Å²) in [4.78, 5) is 62.2. The zero-order chi connectivity index (χ0) is 25.8. The summed E-state index contributed by atoms with van der Waals surface area (Å²) in [6.45, 7) is 4.16. The van der Waals surface area contributed by atoms with Crippen molar-refractivity contribution in [3.05, 3.63) is 0 Å². The molecule has 0 aromatic rings. The second kappa shape index (κ2) is 14.1. The highest BCUT2D eigenvalue weighted by molar-refractivity contribution is 5.94.